The SMILES string of the molecule is CC/C=C(\C(C=N)=C\C(=N)c1csc2c(=O)cc(N3CCNCC3)oc12)c1ccccc1C. The zero-order valence-electron chi connectivity index (χ0n) is 18.9. The van der Waals surface area contributed by atoms with E-state index in [4.69, 9.17) is 15.2 Å². The van der Waals surface area contributed by atoms with Crippen molar-refractivity contribution in [1.29, 1.82) is 10.8 Å². The van der Waals surface area contributed by atoms with Crippen molar-refractivity contribution >= 4 is 45.0 Å². The zero-order valence-corrected chi connectivity index (χ0v) is 19.7. The molecular weight excluding hydrogens is 432 g/mol. The summed E-state index contributed by atoms with van der Waals surface area (Å²) in [4.78, 5) is 14.8. The van der Waals surface area contributed by atoms with Crippen LogP contribution in [0.2, 0.25) is 0 Å². The number of anilines is 1. The van der Waals surface area contributed by atoms with Crippen LogP contribution in [0.25, 0.3) is 15.9 Å². The van der Waals surface area contributed by atoms with Crippen LogP contribution in [0.5, 0.6) is 0 Å². The summed E-state index contributed by atoms with van der Waals surface area (Å²) in [5.74, 6) is 0.546. The third-order valence-corrected chi connectivity index (χ3v) is 6.73. The molecule has 170 valence electrons. The zero-order chi connectivity index (χ0) is 23.4. The number of fused-ring (bicyclic) bond motifs is 1. The van der Waals surface area contributed by atoms with Gasteiger partial charge in [0, 0.05) is 49.4 Å². The van der Waals surface area contributed by atoms with Crippen LogP contribution >= 0.6 is 11.3 Å². The number of piperazine rings is 1. The molecule has 1 fully saturated rings. The monoisotopic (exact) mass is 460 g/mol. The molecule has 7 heteroatoms. The van der Waals surface area contributed by atoms with E-state index >= 15 is 0 Å². The van der Waals surface area contributed by atoms with Gasteiger partial charge in [0.05, 0.1) is 11.3 Å². The van der Waals surface area contributed by atoms with Crippen molar-refractivity contribution in [1.82, 2.24) is 5.32 Å². The van der Waals surface area contributed by atoms with Crippen LogP contribution in [0.4, 0.5) is 5.88 Å². The molecule has 0 bridgehead atoms. The van der Waals surface area contributed by atoms with Crippen LogP contribution in [-0.2, 0) is 0 Å². The molecule has 1 aromatic carbocycles. The molecule has 1 saturated heterocycles. The molecule has 0 unspecified atom stereocenters. The Morgan fingerprint density at radius 2 is 2.00 bits per heavy atom. The molecular formula is C26H28N4O2S. The topological polar surface area (TPSA) is 93.2 Å². The van der Waals surface area contributed by atoms with E-state index in [1.807, 2.05) is 31.2 Å². The molecule has 3 heterocycles. The molecule has 2 aromatic heterocycles. The summed E-state index contributed by atoms with van der Waals surface area (Å²) in [6.45, 7) is 7.32. The fourth-order valence-electron chi connectivity index (χ4n) is 4.05. The van der Waals surface area contributed by atoms with Crippen LogP contribution in [0.1, 0.15) is 30.0 Å². The molecule has 0 amide bonds. The van der Waals surface area contributed by atoms with Gasteiger partial charge >= 0.3 is 0 Å². The van der Waals surface area contributed by atoms with Gasteiger partial charge in [-0.2, -0.15) is 0 Å². The molecule has 4 rings (SSSR count). The number of aryl methyl sites for hydroxylation is 1. The highest BCUT2D eigenvalue weighted by atomic mass is 32.1. The fraction of sp³-hybridized carbons (Fsp3) is 0.269. The number of nitrogens with zero attached hydrogens (tertiary/aromatic N) is 1. The van der Waals surface area contributed by atoms with Crippen molar-refractivity contribution < 1.29 is 4.42 Å². The van der Waals surface area contributed by atoms with Crippen molar-refractivity contribution in [2.24, 2.45) is 0 Å². The third-order valence-electron chi connectivity index (χ3n) is 5.76. The van der Waals surface area contributed by atoms with Gasteiger partial charge in [0.2, 0.25) is 5.43 Å². The standard InChI is InChI=1S/C26H28N4O2S/c1-3-6-20(19-8-5-4-7-17(19)2)18(15-27)13-22(28)21-16-33-26-23(31)14-24(32-25(21)26)30-11-9-29-10-12-30/h4-8,13-16,27-29H,3,9-12H2,1-2H3/b18-13+,20-6+,27-15?,28-22?. The average molecular weight is 461 g/mol. The van der Waals surface area contributed by atoms with Gasteiger partial charge < -0.3 is 25.5 Å². The van der Waals surface area contributed by atoms with Crippen LogP contribution in [-0.4, -0.2) is 38.1 Å². The smallest absolute Gasteiger partial charge is 0.204 e. The van der Waals surface area contributed by atoms with E-state index in [9.17, 15) is 4.79 Å². The van der Waals surface area contributed by atoms with Gasteiger partial charge in [-0.25, -0.2) is 0 Å². The fourth-order valence-corrected chi connectivity index (χ4v) is 4.95. The Labute approximate surface area is 197 Å². The number of hydrogen-bond acceptors (Lipinski definition) is 7. The van der Waals surface area contributed by atoms with Crippen molar-refractivity contribution in [3.63, 3.8) is 0 Å². The first-order valence-electron chi connectivity index (χ1n) is 11.1. The molecule has 33 heavy (non-hydrogen) atoms. The lowest BCUT2D eigenvalue weighted by molar-refractivity contribution is 0.521. The van der Waals surface area contributed by atoms with Crippen LogP contribution in [0.3, 0.4) is 0 Å². The largest absolute Gasteiger partial charge is 0.439 e. The number of benzene rings is 1. The Bertz CT molecular complexity index is 1310. The summed E-state index contributed by atoms with van der Waals surface area (Å²) in [6, 6.07) is 9.61. The quantitative estimate of drug-likeness (QED) is 0.341. The maximum atomic E-state index is 12.7. The van der Waals surface area contributed by atoms with E-state index in [2.05, 4.69) is 23.2 Å². The average Bonchev–Trinajstić information content (AvgIpc) is 3.27. The van der Waals surface area contributed by atoms with E-state index in [-0.39, 0.29) is 11.1 Å². The molecule has 0 spiro atoms. The minimum absolute atomic E-state index is 0.0865. The van der Waals surface area contributed by atoms with Gasteiger partial charge in [-0.3, -0.25) is 4.79 Å². The van der Waals surface area contributed by atoms with E-state index < -0.39 is 0 Å². The second kappa shape index (κ2) is 10.1. The number of rotatable bonds is 7. The molecule has 6 nitrogen and oxygen atoms in total. The van der Waals surface area contributed by atoms with Crippen molar-refractivity contribution in [2.45, 2.75) is 20.3 Å². The van der Waals surface area contributed by atoms with Gasteiger partial charge in [-0.05, 0) is 36.1 Å². The Hall–Kier alpha value is -3.29. The van der Waals surface area contributed by atoms with E-state index in [1.165, 1.54) is 17.6 Å². The Balaban J connectivity index is 1.76. The normalized spacial score (nSPS) is 15.2. The lowest BCUT2D eigenvalue weighted by Crippen LogP contribution is -2.43. The Kier molecular flexibility index (Phi) is 7.01. The van der Waals surface area contributed by atoms with E-state index in [0.29, 0.717) is 27.3 Å². The van der Waals surface area contributed by atoms with Gasteiger partial charge in [0.15, 0.2) is 11.5 Å². The number of nitrogens with one attached hydrogen (secondary N) is 3. The van der Waals surface area contributed by atoms with Gasteiger partial charge in [-0.15, -0.1) is 11.3 Å². The summed E-state index contributed by atoms with van der Waals surface area (Å²) in [6.07, 6.45) is 5.88. The lowest BCUT2D eigenvalue weighted by atomic mass is 9.92. The summed E-state index contributed by atoms with van der Waals surface area (Å²) >= 11 is 1.30. The maximum absolute atomic E-state index is 12.7. The number of thiophene rings is 1. The number of hydrogen-bond donors (Lipinski definition) is 3. The molecule has 1 aliphatic rings. The minimum Gasteiger partial charge on any atom is -0.439 e. The predicted molar refractivity (Wildman–Crippen MR) is 139 cm³/mol. The summed E-state index contributed by atoms with van der Waals surface area (Å²) in [5, 5.41) is 22.0. The highest BCUT2D eigenvalue weighted by molar-refractivity contribution is 7.17. The van der Waals surface area contributed by atoms with Gasteiger partial charge in [0.1, 0.15) is 4.70 Å². The van der Waals surface area contributed by atoms with Crippen molar-refractivity contribution in [3.8, 4) is 0 Å². The second-order valence-corrected chi connectivity index (χ2v) is 8.87. The highest BCUT2D eigenvalue weighted by Gasteiger charge is 2.19. The predicted octanol–water partition coefficient (Wildman–Crippen LogP) is 5.01. The first-order valence-corrected chi connectivity index (χ1v) is 12.0. The molecule has 0 aliphatic carbocycles. The Morgan fingerprint density at radius 3 is 2.70 bits per heavy atom. The third kappa shape index (κ3) is 4.74. The molecule has 0 atom stereocenters. The summed E-state index contributed by atoms with van der Waals surface area (Å²) in [5.41, 5.74) is 4.89. The van der Waals surface area contributed by atoms with E-state index in [0.717, 1.165) is 49.3 Å². The first-order chi connectivity index (χ1) is 16.0. The molecule has 0 saturated carbocycles. The molecule has 3 aromatic rings. The molecule has 1 aliphatic heterocycles. The van der Waals surface area contributed by atoms with Crippen LogP contribution in [0.15, 0.2) is 62.6 Å². The maximum Gasteiger partial charge on any atom is 0.204 e. The van der Waals surface area contributed by atoms with E-state index in [1.54, 1.807) is 17.5 Å². The summed E-state index contributed by atoms with van der Waals surface area (Å²) < 4.78 is 6.68. The first kappa shape index (κ1) is 22.9. The lowest BCUT2D eigenvalue weighted by Gasteiger charge is -2.27. The Morgan fingerprint density at radius 1 is 1.24 bits per heavy atom. The van der Waals surface area contributed by atoms with Crippen LogP contribution < -0.4 is 15.6 Å². The summed E-state index contributed by atoms with van der Waals surface area (Å²) in [7, 11) is 0. The van der Waals surface area contributed by atoms with Crippen LogP contribution in [0, 0.1) is 17.7 Å². The molecule has 3 N–H and O–H groups in total. The highest BCUT2D eigenvalue weighted by Crippen LogP contribution is 2.30. The van der Waals surface area contributed by atoms with Gasteiger partial charge in [0.25, 0.3) is 0 Å². The van der Waals surface area contributed by atoms with Crippen molar-refractivity contribution in [2.75, 3.05) is 31.1 Å². The number of allylic oxidation sites excluding steroid dienone is 4. The minimum atomic E-state index is -0.0865. The van der Waals surface area contributed by atoms with Gasteiger partial charge in [-0.1, -0.05) is 37.3 Å². The van der Waals surface area contributed by atoms with Crippen molar-refractivity contribution in [3.05, 3.63) is 80.4 Å². The molecule has 0 radical (unpaired) electrons. The second-order valence-electron chi connectivity index (χ2n) is 7.99.